The first-order valence-corrected chi connectivity index (χ1v) is 10.3. The Hall–Kier alpha value is -1.77. The van der Waals surface area contributed by atoms with Crippen molar-refractivity contribution in [1.82, 2.24) is 0 Å². The molecule has 1 aliphatic carbocycles. The van der Waals surface area contributed by atoms with Gasteiger partial charge in [-0.3, -0.25) is 0 Å². The zero-order chi connectivity index (χ0) is 19.2. The monoisotopic (exact) mass is 374 g/mol. The van der Waals surface area contributed by atoms with E-state index in [0.717, 1.165) is 12.0 Å². The zero-order valence-electron chi connectivity index (χ0n) is 16.1. The maximum absolute atomic E-state index is 14.0. The van der Waals surface area contributed by atoms with Crippen molar-refractivity contribution in [3.63, 3.8) is 0 Å². The van der Waals surface area contributed by atoms with Crippen LogP contribution in [0.1, 0.15) is 76.2 Å². The Morgan fingerprint density at radius 1 is 0.778 bits per heavy atom. The van der Waals surface area contributed by atoms with Gasteiger partial charge in [0.15, 0.2) is 11.6 Å². The third-order valence-corrected chi connectivity index (χ3v) is 6.02. The largest absolute Gasteiger partial charge is 0.206 e. The van der Waals surface area contributed by atoms with Gasteiger partial charge in [-0.25, -0.2) is 13.2 Å². The summed E-state index contributed by atoms with van der Waals surface area (Å²) < 4.78 is 40.5. The van der Waals surface area contributed by atoms with Crippen LogP contribution in [-0.2, 0) is 0 Å². The topological polar surface area (TPSA) is 0 Å². The molecule has 0 nitrogen and oxygen atoms in total. The van der Waals surface area contributed by atoms with E-state index < -0.39 is 17.5 Å². The SMILES string of the molecule is CCCCCC[C@H]1CC[C@H](c2ccc(-c3cc(F)c(F)cc3F)cc2)CC1. The van der Waals surface area contributed by atoms with Crippen molar-refractivity contribution in [3.05, 3.63) is 59.4 Å². The van der Waals surface area contributed by atoms with E-state index in [1.165, 1.54) is 63.4 Å². The van der Waals surface area contributed by atoms with Gasteiger partial charge in [0.2, 0.25) is 0 Å². The van der Waals surface area contributed by atoms with E-state index in [9.17, 15) is 13.2 Å². The Morgan fingerprint density at radius 2 is 1.44 bits per heavy atom. The highest BCUT2D eigenvalue weighted by molar-refractivity contribution is 5.64. The molecule has 0 saturated heterocycles. The van der Waals surface area contributed by atoms with Crippen LogP contribution in [0.25, 0.3) is 11.1 Å². The highest BCUT2D eigenvalue weighted by Crippen LogP contribution is 2.38. The highest BCUT2D eigenvalue weighted by Gasteiger charge is 2.22. The summed E-state index contributed by atoms with van der Waals surface area (Å²) in [6.07, 6.45) is 11.7. The molecule has 1 fully saturated rings. The molecule has 0 radical (unpaired) electrons. The predicted molar refractivity (Wildman–Crippen MR) is 105 cm³/mol. The summed E-state index contributed by atoms with van der Waals surface area (Å²) in [7, 11) is 0. The summed E-state index contributed by atoms with van der Waals surface area (Å²) >= 11 is 0. The van der Waals surface area contributed by atoms with E-state index in [4.69, 9.17) is 0 Å². The van der Waals surface area contributed by atoms with Gasteiger partial charge < -0.3 is 0 Å². The van der Waals surface area contributed by atoms with Gasteiger partial charge in [0.1, 0.15) is 5.82 Å². The molecule has 1 aliphatic rings. The van der Waals surface area contributed by atoms with Gasteiger partial charge in [0.05, 0.1) is 0 Å². The lowest BCUT2D eigenvalue weighted by atomic mass is 9.77. The molecule has 0 bridgehead atoms. The number of benzene rings is 2. The molecule has 2 aromatic carbocycles. The smallest absolute Gasteiger partial charge is 0.161 e. The molecule has 0 aliphatic heterocycles. The van der Waals surface area contributed by atoms with Crippen molar-refractivity contribution in [2.75, 3.05) is 0 Å². The van der Waals surface area contributed by atoms with Crippen molar-refractivity contribution < 1.29 is 13.2 Å². The average Bonchev–Trinajstić information content (AvgIpc) is 2.69. The van der Waals surface area contributed by atoms with Gasteiger partial charge >= 0.3 is 0 Å². The van der Waals surface area contributed by atoms with Crippen molar-refractivity contribution in [1.29, 1.82) is 0 Å². The van der Waals surface area contributed by atoms with Gasteiger partial charge in [-0.05, 0) is 54.7 Å². The molecule has 0 aromatic heterocycles. The van der Waals surface area contributed by atoms with E-state index in [0.29, 0.717) is 17.5 Å². The Labute approximate surface area is 160 Å². The Balaban J connectivity index is 1.58. The average molecular weight is 374 g/mol. The minimum Gasteiger partial charge on any atom is -0.206 e. The lowest BCUT2D eigenvalue weighted by Crippen LogP contribution is -2.13. The standard InChI is InChI=1S/C24H29F3/c1-2-3-4-5-6-17-7-9-18(10-8-17)19-11-13-20(14-12-19)21-15-23(26)24(27)16-22(21)25/h11-18H,2-10H2,1H3/t17-,18-. The normalized spacial score (nSPS) is 20.0. The maximum atomic E-state index is 14.0. The molecule has 1 saturated carbocycles. The summed E-state index contributed by atoms with van der Waals surface area (Å²) in [6.45, 7) is 2.25. The summed E-state index contributed by atoms with van der Waals surface area (Å²) in [4.78, 5) is 0. The second kappa shape index (κ2) is 9.43. The van der Waals surface area contributed by atoms with Crippen LogP contribution >= 0.6 is 0 Å². The van der Waals surface area contributed by atoms with Gasteiger partial charge in [0, 0.05) is 11.6 Å². The van der Waals surface area contributed by atoms with Crippen LogP contribution in [-0.4, -0.2) is 0 Å². The van der Waals surface area contributed by atoms with Gasteiger partial charge in [-0.1, -0.05) is 63.3 Å². The number of unbranched alkanes of at least 4 members (excludes halogenated alkanes) is 3. The third-order valence-electron chi connectivity index (χ3n) is 6.02. The Bertz CT molecular complexity index is 728. The molecule has 0 unspecified atom stereocenters. The van der Waals surface area contributed by atoms with E-state index >= 15 is 0 Å². The van der Waals surface area contributed by atoms with Crippen molar-refractivity contribution in [3.8, 4) is 11.1 Å². The molecular formula is C24H29F3. The van der Waals surface area contributed by atoms with Gasteiger partial charge in [0.25, 0.3) is 0 Å². The number of rotatable bonds is 7. The van der Waals surface area contributed by atoms with E-state index in [-0.39, 0.29) is 5.56 Å². The van der Waals surface area contributed by atoms with E-state index in [1.807, 2.05) is 24.3 Å². The summed E-state index contributed by atoms with van der Waals surface area (Å²) in [5.41, 5.74) is 1.96. The second-order valence-corrected chi connectivity index (χ2v) is 7.94. The first-order valence-electron chi connectivity index (χ1n) is 10.3. The fourth-order valence-electron chi connectivity index (χ4n) is 4.32. The highest BCUT2D eigenvalue weighted by atomic mass is 19.2. The summed E-state index contributed by atoms with van der Waals surface area (Å²) in [6, 6.07) is 9.22. The molecular weight excluding hydrogens is 345 g/mol. The lowest BCUT2D eigenvalue weighted by molar-refractivity contribution is 0.302. The third kappa shape index (κ3) is 5.15. The minimum atomic E-state index is -1.15. The molecule has 0 spiro atoms. The van der Waals surface area contributed by atoms with Crippen molar-refractivity contribution in [2.45, 2.75) is 70.6 Å². The number of hydrogen-bond donors (Lipinski definition) is 0. The first-order chi connectivity index (χ1) is 13.1. The second-order valence-electron chi connectivity index (χ2n) is 7.94. The molecule has 0 heterocycles. The van der Waals surface area contributed by atoms with Crippen molar-refractivity contribution >= 4 is 0 Å². The number of halogens is 3. The van der Waals surface area contributed by atoms with Crippen LogP contribution in [0.15, 0.2) is 36.4 Å². The molecule has 0 N–H and O–H groups in total. The van der Waals surface area contributed by atoms with Crippen LogP contribution in [0, 0.1) is 23.4 Å². The molecule has 0 amide bonds. The fraction of sp³-hybridized carbons (Fsp3) is 0.500. The van der Waals surface area contributed by atoms with Crippen molar-refractivity contribution in [2.24, 2.45) is 5.92 Å². The quantitative estimate of drug-likeness (QED) is 0.340. The van der Waals surface area contributed by atoms with E-state index in [1.54, 1.807) is 0 Å². The lowest BCUT2D eigenvalue weighted by Gasteiger charge is -2.29. The van der Waals surface area contributed by atoms with Crippen LogP contribution < -0.4 is 0 Å². The summed E-state index contributed by atoms with van der Waals surface area (Å²) in [5, 5.41) is 0. The predicted octanol–water partition coefficient (Wildman–Crippen LogP) is 8.02. The minimum absolute atomic E-state index is 0.108. The Morgan fingerprint density at radius 3 is 2.11 bits per heavy atom. The van der Waals surface area contributed by atoms with Gasteiger partial charge in [-0.2, -0.15) is 0 Å². The van der Waals surface area contributed by atoms with Gasteiger partial charge in [-0.15, -0.1) is 0 Å². The number of hydrogen-bond acceptors (Lipinski definition) is 0. The first kappa shape index (κ1) is 20.0. The van der Waals surface area contributed by atoms with Crippen LogP contribution in [0.2, 0.25) is 0 Å². The molecule has 3 heteroatoms. The fourth-order valence-corrected chi connectivity index (χ4v) is 4.32. The summed E-state index contributed by atoms with van der Waals surface area (Å²) in [5.74, 6) is -1.48. The Kier molecular flexibility index (Phi) is 6.98. The molecule has 3 rings (SSSR count). The van der Waals surface area contributed by atoms with Crippen LogP contribution in [0.3, 0.4) is 0 Å². The molecule has 0 atom stereocenters. The molecule has 146 valence electrons. The molecule has 27 heavy (non-hydrogen) atoms. The van der Waals surface area contributed by atoms with Crippen LogP contribution in [0.4, 0.5) is 13.2 Å². The zero-order valence-corrected chi connectivity index (χ0v) is 16.1. The maximum Gasteiger partial charge on any atom is 0.161 e. The van der Waals surface area contributed by atoms with Crippen LogP contribution in [0.5, 0.6) is 0 Å². The molecule has 2 aromatic rings. The van der Waals surface area contributed by atoms with E-state index in [2.05, 4.69) is 6.92 Å².